The van der Waals surface area contributed by atoms with Crippen molar-refractivity contribution in [1.82, 2.24) is 0 Å². The Morgan fingerprint density at radius 1 is 1.57 bits per heavy atom. The number of primary amides is 1. The third-order valence-corrected chi connectivity index (χ3v) is 1.63. The predicted octanol–water partition coefficient (Wildman–Crippen LogP) is 0.609. The molecular weight excluding hydrogens is 187 g/mol. The molecule has 0 bridgehead atoms. The molecule has 1 amide bonds. The molecule has 0 saturated heterocycles. The molecule has 0 radical (unpaired) electrons. The Morgan fingerprint density at radius 3 is 2.64 bits per heavy atom. The van der Waals surface area contributed by atoms with Crippen LogP contribution in [0.15, 0.2) is 12.1 Å². The van der Waals surface area contributed by atoms with Crippen molar-refractivity contribution in [2.24, 2.45) is 5.73 Å². The fourth-order valence-electron chi connectivity index (χ4n) is 1.00. The first kappa shape index (κ1) is 9.86. The van der Waals surface area contributed by atoms with Gasteiger partial charge in [-0.2, -0.15) is 5.26 Å². The van der Waals surface area contributed by atoms with Gasteiger partial charge in [-0.3, -0.25) is 9.59 Å². The Hall–Kier alpha value is -2.22. The smallest absolute Gasteiger partial charge is 0.250 e. The van der Waals surface area contributed by atoms with E-state index in [1.54, 1.807) is 0 Å². The molecule has 0 spiro atoms. The van der Waals surface area contributed by atoms with Crippen LogP contribution in [0.1, 0.15) is 26.3 Å². The van der Waals surface area contributed by atoms with E-state index in [1.165, 1.54) is 6.07 Å². The lowest BCUT2D eigenvalue weighted by Crippen LogP contribution is -2.14. The van der Waals surface area contributed by atoms with E-state index in [0.717, 1.165) is 12.1 Å². The first-order valence-corrected chi connectivity index (χ1v) is 3.58. The van der Waals surface area contributed by atoms with Gasteiger partial charge in [0, 0.05) is 5.56 Å². The quantitative estimate of drug-likeness (QED) is 0.696. The van der Waals surface area contributed by atoms with E-state index in [1.807, 2.05) is 0 Å². The Morgan fingerprint density at radius 2 is 2.21 bits per heavy atom. The van der Waals surface area contributed by atoms with E-state index in [2.05, 4.69) is 0 Å². The molecule has 5 heteroatoms. The van der Waals surface area contributed by atoms with E-state index >= 15 is 0 Å². The second-order valence-electron chi connectivity index (χ2n) is 2.52. The van der Waals surface area contributed by atoms with Crippen LogP contribution in [0.4, 0.5) is 4.39 Å². The third-order valence-electron chi connectivity index (χ3n) is 1.63. The number of nitrogens with zero attached hydrogens (tertiary/aromatic N) is 1. The largest absolute Gasteiger partial charge is 0.366 e. The van der Waals surface area contributed by atoms with Crippen LogP contribution in [-0.2, 0) is 0 Å². The van der Waals surface area contributed by atoms with Crippen LogP contribution < -0.4 is 5.73 Å². The number of carbonyl (C=O) groups excluding carboxylic acids is 2. The number of aldehydes is 1. The second kappa shape index (κ2) is 3.66. The Kier molecular flexibility index (Phi) is 2.58. The first-order chi connectivity index (χ1) is 6.60. The average molecular weight is 192 g/mol. The van der Waals surface area contributed by atoms with Crippen LogP contribution in [0.25, 0.3) is 0 Å². The summed E-state index contributed by atoms with van der Waals surface area (Å²) < 4.78 is 13.1. The molecule has 1 aromatic carbocycles. The highest BCUT2D eigenvalue weighted by atomic mass is 19.1. The summed E-state index contributed by atoms with van der Waals surface area (Å²) in [5, 5.41) is 8.53. The van der Waals surface area contributed by atoms with Gasteiger partial charge in [0.15, 0.2) is 0 Å². The Bertz CT molecular complexity index is 449. The van der Waals surface area contributed by atoms with Crippen LogP contribution in [0.3, 0.4) is 0 Å². The second-order valence-corrected chi connectivity index (χ2v) is 2.52. The maximum absolute atomic E-state index is 13.1. The molecule has 0 aliphatic rings. The fraction of sp³-hybridized carbons (Fsp3) is 0. The maximum atomic E-state index is 13.1. The molecule has 0 aromatic heterocycles. The minimum Gasteiger partial charge on any atom is -0.366 e. The van der Waals surface area contributed by atoms with Gasteiger partial charge >= 0.3 is 0 Å². The van der Waals surface area contributed by atoms with Crippen molar-refractivity contribution in [2.45, 2.75) is 0 Å². The number of rotatable bonds is 2. The zero-order valence-corrected chi connectivity index (χ0v) is 6.95. The summed E-state index contributed by atoms with van der Waals surface area (Å²) in [6, 6.07) is 3.46. The molecule has 14 heavy (non-hydrogen) atoms. The molecule has 0 fully saturated rings. The van der Waals surface area contributed by atoms with Gasteiger partial charge in [0.2, 0.25) is 5.91 Å². The lowest BCUT2D eigenvalue weighted by atomic mass is 10.0. The fourth-order valence-corrected chi connectivity index (χ4v) is 1.00. The Labute approximate surface area is 78.7 Å². The molecule has 4 nitrogen and oxygen atoms in total. The molecule has 0 unspecified atom stereocenters. The molecule has 1 aromatic rings. The van der Waals surface area contributed by atoms with Gasteiger partial charge in [-0.1, -0.05) is 0 Å². The monoisotopic (exact) mass is 192 g/mol. The van der Waals surface area contributed by atoms with Crippen molar-refractivity contribution in [3.05, 3.63) is 34.6 Å². The summed E-state index contributed by atoms with van der Waals surface area (Å²) in [6.07, 6.45) is 0.372. The normalized spacial score (nSPS) is 9.14. The van der Waals surface area contributed by atoms with Gasteiger partial charge < -0.3 is 5.73 Å². The number of nitriles is 1. The number of benzene rings is 1. The molecule has 0 heterocycles. The maximum Gasteiger partial charge on any atom is 0.250 e. The van der Waals surface area contributed by atoms with Crippen LogP contribution in [-0.4, -0.2) is 12.2 Å². The summed E-state index contributed by atoms with van der Waals surface area (Å²) in [6.45, 7) is 0. The van der Waals surface area contributed by atoms with Crippen molar-refractivity contribution in [1.29, 1.82) is 5.26 Å². The molecular formula is C9H5FN2O2. The lowest BCUT2D eigenvalue weighted by Gasteiger charge is -2.01. The highest BCUT2D eigenvalue weighted by Crippen LogP contribution is 2.14. The highest BCUT2D eigenvalue weighted by molar-refractivity contribution is 5.97. The van der Waals surface area contributed by atoms with Crippen molar-refractivity contribution in [3.63, 3.8) is 0 Å². The van der Waals surface area contributed by atoms with Gasteiger partial charge in [0.05, 0.1) is 5.56 Å². The zero-order valence-electron chi connectivity index (χ0n) is 6.95. The van der Waals surface area contributed by atoms with E-state index in [9.17, 15) is 14.0 Å². The summed E-state index contributed by atoms with van der Waals surface area (Å²) in [7, 11) is 0. The lowest BCUT2D eigenvalue weighted by molar-refractivity contribution is 0.0999. The van der Waals surface area contributed by atoms with Gasteiger partial charge in [-0.05, 0) is 12.1 Å². The van der Waals surface area contributed by atoms with Gasteiger partial charge in [-0.25, -0.2) is 4.39 Å². The van der Waals surface area contributed by atoms with Gasteiger partial charge in [0.25, 0.3) is 0 Å². The minimum absolute atomic E-state index is 0.0321. The van der Waals surface area contributed by atoms with Crippen LogP contribution >= 0.6 is 0 Å². The summed E-state index contributed by atoms with van der Waals surface area (Å²) in [4.78, 5) is 21.1. The van der Waals surface area contributed by atoms with Crippen LogP contribution in [0.2, 0.25) is 0 Å². The SMILES string of the molecule is N#Cc1c(F)cc(C=O)cc1C(N)=O. The van der Waals surface area contributed by atoms with Crippen molar-refractivity contribution in [2.75, 3.05) is 0 Å². The number of hydrogen-bond acceptors (Lipinski definition) is 3. The standard InChI is InChI=1S/C9H5FN2O2/c10-8-2-5(4-13)1-6(9(12)14)7(8)3-11/h1-2,4H,(H2,12,14). The minimum atomic E-state index is -0.941. The number of hydrogen-bond donors (Lipinski definition) is 1. The summed E-state index contributed by atoms with van der Waals surface area (Å²) in [5.41, 5.74) is 4.15. The van der Waals surface area contributed by atoms with E-state index in [0.29, 0.717) is 6.29 Å². The molecule has 2 N–H and O–H groups in total. The van der Waals surface area contributed by atoms with Crippen LogP contribution in [0.5, 0.6) is 0 Å². The zero-order chi connectivity index (χ0) is 10.7. The Balaban J connectivity index is 3.53. The summed E-state index contributed by atoms with van der Waals surface area (Å²) in [5.74, 6) is -1.87. The molecule has 0 saturated carbocycles. The topological polar surface area (TPSA) is 83.9 Å². The van der Waals surface area contributed by atoms with Crippen molar-refractivity contribution in [3.8, 4) is 6.07 Å². The number of halogens is 1. The summed E-state index contributed by atoms with van der Waals surface area (Å²) >= 11 is 0. The number of amides is 1. The number of nitrogens with two attached hydrogens (primary N) is 1. The third kappa shape index (κ3) is 1.59. The highest BCUT2D eigenvalue weighted by Gasteiger charge is 2.14. The van der Waals surface area contributed by atoms with E-state index in [-0.39, 0.29) is 11.1 Å². The molecule has 0 aliphatic heterocycles. The van der Waals surface area contributed by atoms with E-state index in [4.69, 9.17) is 11.0 Å². The van der Waals surface area contributed by atoms with Crippen LogP contribution in [0, 0.1) is 17.1 Å². The predicted molar refractivity (Wildman–Crippen MR) is 45.0 cm³/mol. The number of carbonyl (C=O) groups is 2. The molecule has 70 valence electrons. The van der Waals surface area contributed by atoms with Gasteiger partial charge in [0.1, 0.15) is 23.7 Å². The average Bonchev–Trinajstić information content (AvgIpc) is 2.16. The molecule has 0 atom stereocenters. The van der Waals surface area contributed by atoms with Gasteiger partial charge in [-0.15, -0.1) is 0 Å². The molecule has 1 rings (SSSR count). The van der Waals surface area contributed by atoms with Crippen molar-refractivity contribution >= 4 is 12.2 Å². The van der Waals surface area contributed by atoms with Crippen molar-refractivity contribution < 1.29 is 14.0 Å². The molecule has 0 aliphatic carbocycles. The first-order valence-electron chi connectivity index (χ1n) is 3.58. The van der Waals surface area contributed by atoms with E-state index < -0.39 is 17.3 Å².